The second-order valence-corrected chi connectivity index (χ2v) is 5.26. The van der Waals surface area contributed by atoms with E-state index >= 15 is 0 Å². The Hall–Kier alpha value is -1.88. The number of amides is 2. The number of carbonyl (C=O) groups excluding carboxylic acids is 2. The molecule has 5 heteroatoms. The average Bonchev–Trinajstić information content (AvgIpc) is 2.47. The Morgan fingerprint density at radius 2 is 1.81 bits per heavy atom. The van der Waals surface area contributed by atoms with Crippen LogP contribution in [0.4, 0.5) is 0 Å². The fourth-order valence-electron chi connectivity index (χ4n) is 2.04. The maximum absolute atomic E-state index is 12.4. The Morgan fingerprint density at radius 1 is 1.19 bits per heavy atom. The summed E-state index contributed by atoms with van der Waals surface area (Å²) >= 11 is 0. The number of aliphatic hydroxyl groups excluding tert-OH is 1. The number of rotatable bonds is 7. The van der Waals surface area contributed by atoms with E-state index in [0.29, 0.717) is 18.5 Å². The van der Waals surface area contributed by atoms with Gasteiger partial charge in [0.2, 0.25) is 5.91 Å². The van der Waals surface area contributed by atoms with E-state index in [1.54, 1.807) is 36.1 Å². The van der Waals surface area contributed by atoms with Crippen molar-refractivity contribution in [3.05, 3.63) is 35.9 Å². The number of hydrogen-bond acceptors (Lipinski definition) is 3. The molecule has 116 valence electrons. The molecule has 2 amide bonds. The van der Waals surface area contributed by atoms with Crippen molar-refractivity contribution >= 4 is 11.8 Å². The maximum atomic E-state index is 12.4. The molecule has 2 N–H and O–H groups in total. The normalized spacial score (nSPS) is 12.0. The second kappa shape index (κ2) is 8.42. The van der Waals surface area contributed by atoms with E-state index in [1.165, 1.54) is 0 Å². The van der Waals surface area contributed by atoms with Crippen molar-refractivity contribution in [1.29, 1.82) is 0 Å². The Kier molecular flexibility index (Phi) is 6.88. The van der Waals surface area contributed by atoms with Crippen molar-refractivity contribution in [2.24, 2.45) is 0 Å². The van der Waals surface area contributed by atoms with Crippen molar-refractivity contribution in [1.82, 2.24) is 10.2 Å². The van der Waals surface area contributed by atoms with Gasteiger partial charge in [0.15, 0.2) is 0 Å². The summed E-state index contributed by atoms with van der Waals surface area (Å²) in [7, 11) is 0. The van der Waals surface area contributed by atoms with Gasteiger partial charge < -0.3 is 15.3 Å². The first-order chi connectivity index (χ1) is 9.97. The van der Waals surface area contributed by atoms with Crippen LogP contribution >= 0.6 is 0 Å². The van der Waals surface area contributed by atoms with E-state index in [4.69, 9.17) is 5.11 Å². The molecule has 0 saturated carbocycles. The van der Waals surface area contributed by atoms with Gasteiger partial charge in [-0.3, -0.25) is 9.59 Å². The summed E-state index contributed by atoms with van der Waals surface area (Å²) in [5.41, 5.74) is 0.531. The molecule has 0 heterocycles. The van der Waals surface area contributed by atoms with Crippen LogP contribution in [0.2, 0.25) is 0 Å². The molecule has 0 aliphatic carbocycles. The third kappa shape index (κ3) is 5.19. The van der Waals surface area contributed by atoms with Crippen LogP contribution in [0.3, 0.4) is 0 Å². The molecule has 1 aromatic rings. The molecule has 5 nitrogen and oxygen atoms in total. The van der Waals surface area contributed by atoms with E-state index in [2.05, 4.69) is 5.32 Å². The lowest BCUT2D eigenvalue weighted by molar-refractivity contribution is -0.134. The van der Waals surface area contributed by atoms with Gasteiger partial charge in [-0.1, -0.05) is 18.2 Å². The smallest absolute Gasteiger partial charge is 0.251 e. The molecule has 1 atom stereocenters. The zero-order chi connectivity index (χ0) is 15.8. The van der Waals surface area contributed by atoms with Crippen LogP contribution in [0.1, 0.15) is 37.6 Å². The summed E-state index contributed by atoms with van der Waals surface area (Å²) in [6.45, 7) is 6.04. The molecule has 0 bridgehead atoms. The molecule has 0 radical (unpaired) electrons. The summed E-state index contributed by atoms with van der Waals surface area (Å²) in [5.74, 6) is -0.398. The van der Waals surface area contributed by atoms with Crippen molar-refractivity contribution in [2.45, 2.75) is 39.3 Å². The minimum atomic E-state index is -0.598. The predicted octanol–water partition coefficient (Wildman–Crippen LogP) is 1.42. The first kappa shape index (κ1) is 17.2. The summed E-state index contributed by atoms with van der Waals surface area (Å²) < 4.78 is 0. The SMILES string of the molecule is CC(NC(=O)c1ccccc1)C(=O)N(CCCO)C(C)C. The van der Waals surface area contributed by atoms with Gasteiger partial charge in [0.05, 0.1) is 0 Å². The molecule has 0 saturated heterocycles. The first-order valence-electron chi connectivity index (χ1n) is 7.24. The molecular formula is C16H24N2O3. The minimum absolute atomic E-state index is 0.0279. The van der Waals surface area contributed by atoms with Gasteiger partial charge in [0, 0.05) is 24.8 Å². The molecule has 21 heavy (non-hydrogen) atoms. The number of benzene rings is 1. The largest absolute Gasteiger partial charge is 0.396 e. The average molecular weight is 292 g/mol. The number of nitrogens with zero attached hydrogens (tertiary/aromatic N) is 1. The Morgan fingerprint density at radius 3 is 2.33 bits per heavy atom. The summed E-state index contributed by atoms with van der Waals surface area (Å²) in [6.07, 6.45) is 0.531. The second-order valence-electron chi connectivity index (χ2n) is 5.26. The van der Waals surface area contributed by atoms with Crippen LogP contribution in [0.15, 0.2) is 30.3 Å². The Labute approximate surface area is 126 Å². The quantitative estimate of drug-likeness (QED) is 0.798. The van der Waals surface area contributed by atoms with Crippen LogP contribution in [-0.4, -0.2) is 47.1 Å². The van der Waals surface area contributed by atoms with Crippen molar-refractivity contribution < 1.29 is 14.7 Å². The molecular weight excluding hydrogens is 268 g/mol. The Bertz CT molecular complexity index is 460. The fourth-order valence-corrected chi connectivity index (χ4v) is 2.04. The highest BCUT2D eigenvalue weighted by Gasteiger charge is 2.23. The van der Waals surface area contributed by atoms with Gasteiger partial charge in [-0.15, -0.1) is 0 Å². The zero-order valence-corrected chi connectivity index (χ0v) is 12.9. The van der Waals surface area contributed by atoms with E-state index in [-0.39, 0.29) is 24.5 Å². The van der Waals surface area contributed by atoms with Gasteiger partial charge in [0.1, 0.15) is 6.04 Å². The van der Waals surface area contributed by atoms with E-state index in [1.807, 2.05) is 19.9 Å². The van der Waals surface area contributed by atoms with Crippen LogP contribution < -0.4 is 5.32 Å². The molecule has 0 spiro atoms. The van der Waals surface area contributed by atoms with Crippen LogP contribution in [0.5, 0.6) is 0 Å². The van der Waals surface area contributed by atoms with Crippen LogP contribution in [-0.2, 0) is 4.79 Å². The number of aliphatic hydroxyl groups is 1. The lowest BCUT2D eigenvalue weighted by Crippen LogP contribution is -2.49. The topological polar surface area (TPSA) is 69.6 Å². The van der Waals surface area contributed by atoms with Gasteiger partial charge in [-0.25, -0.2) is 0 Å². The predicted molar refractivity (Wildman–Crippen MR) is 81.9 cm³/mol. The van der Waals surface area contributed by atoms with Gasteiger partial charge in [0.25, 0.3) is 5.91 Å². The maximum Gasteiger partial charge on any atom is 0.251 e. The van der Waals surface area contributed by atoms with Crippen molar-refractivity contribution in [3.8, 4) is 0 Å². The van der Waals surface area contributed by atoms with E-state index < -0.39 is 6.04 Å². The molecule has 0 fully saturated rings. The highest BCUT2D eigenvalue weighted by atomic mass is 16.3. The monoisotopic (exact) mass is 292 g/mol. The van der Waals surface area contributed by atoms with Gasteiger partial charge in [-0.05, 0) is 39.3 Å². The van der Waals surface area contributed by atoms with E-state index in [0.717, 1.165) is 0 Å². The highest BCUT2D eigenvalue weighted by molar-refractivity contribution is 5.97. The lowest BCUT2D eigenvalue weighted by atomic mass is 10.1. The molecule has 0 aromatic heterocycles. The highest BCUT2D eigenvalue weighted by Crippen LogP contribution is 2.05. The zero-order valence-electron chi connectivity index (χ0n) is 12.9. The third-order valence-corrected chi connectivity index (χ3v) is 3.22. The molecule has 1 rings (SSSR count). The standard InChI is InChI=1S/C16H24N2O3/c1-12(2)18(10-7-11-19)16(21)13(3)17-15(20)14-8-5-4-6-9-14/h4-6,8-9,12-13,19H,7,10-11H2,1-3H3,(H,17,20). The van der Waals surface area contributed by atoms with Crippen LogP contribution in [0.25, 0.3) is 0 Å². The summed E-state index contributed by atoms with van der Waals surface area (Å²) in [6, 6.07) is 8.24. The number of carbonyl (C=O) groups is 2. The fraction of sp³-hybridized carbons (Fsp3) is 0.500. The van der Waals surface area contributed by atoms with Gasteiger partial charge >= 0.3 is 0 Å². The third-order valence-electron chi connectivity index (χ3n) is 3.22. The number of nitrogens with one attached hydrogen (secondary N) is 1. The van der Waals surface area contributed by atoms with Crippen molar-refractivity contribution in [3.63, 3.8) is 0 Å². The summed E-state index contributed by atoms with van der Waals surface area (Å²) in [4.78, 5) is 26.1. The lowest BCUT2D eigenvalue weighted by Gasteiger charge is -2.29. The van der Waals surface area contributed by atoms with Crippen molar-refractivity contribution in [2.75, 3.05) is 13.2 Å². The first-order valence-corrected chi connectivity index (χ1v) is 7.24. The molecule has 1 unspecified atom stereocenters. The molecule has 0 aliphatic heterocycles. The number of hydrogen-bond donors (Lipinski definition) is 2. The Balaban J connectivity index is 2.66. The van der Waals surface area contributed by atoms with Crippen LogP contribution in [0, 0.1) is 0 Å². The molecule has 1 aromatic carbocycles. The summed E-state index contributed by atoms with van der Waals surface area (Å²) in [5, 5.41) is 11.6. The minimum Gasteiger partial charge on any atom is -0.396 e. The van der Waals surface area contributed by atoms with E-state index in [9.17, 15) is 9.59 Å². The van der Waals surface area contributed by atoms with Gasteiger partial charge in [-0.2, -0.15) is 0 Å². The molecule has 0 aliphatic rings.